The van der Waals surface area contributed by atoms with Crippen LogP contribution in [0.15, 0.2) is 12.1 Å². The van der Waals surface area contributed by atoms with Crippen LogP contribution in [0.25, 0.3) is 0 Å². The molecule has 0 bridgehead atoms. The average molecular weight is 272 g/mol. The number of pyridine rings is 1. The lowest BCUT2D eigenvalue weighted by Gasteiger charge is -2.04. The van der Waals surface area contributed by atoms with E-state index in [1.807, 2.05) is 13.0 Å². The maximum atomic E-state index is 11.3. The Labute approximate surface area is 98.0 Å². The number of halogens is 1. The molecular formula is C11H14BrNO2. The number of aryl methyl sites for hydroxylation is 2. The van der Waals surface area contributed by atoms with E-state index >= 15 is 0 Å². The Morgan fingerprint density at radius 3 is 2.87 bits per heavy atom. The zero-order valence-corrected chi connectivity index (χ0v) is 10.5. The number of carbonyl (C=O) groups is 1. The van der Waals surface area contributed by atoms with Crippen molar-refractivity contribution in [2.45, 2.75) is 19.8 Å². The van der Waals surface area contributed by atoms with Gasteiger partial charge in [0.05, 0.1) is 7.11 Å². The third-order valence-electron chi connectivity index (χ3n) is 2.01. The number of methoxy groups -OCH3 is 1. The van der Waals surface area contributed by atoms with E-state index in [9.17, 15) is 4.79 Å². The van der Waals surface area contributed by atoms with Crippen molar-refractivity contribution in [2.24, 2.45) is 0 Å². The molecule has 0 amide bonds. The van der Waals surface area contributed by atoms with Crippen molar-refractivity contribution >= 4 is 21.9 Å². The Bertz CT molecular complexity index is 352. The van der Waals surface area contributed by atoms with Gasteiger partial charge in [-0.25, -0.2) is 9.78 Å². The molecule has 0 radical (unpaired) electrons. The maximum absolute atomic E-state index is 11.3. The highest BCUT2D eigenvalue weighted by Crippen LogP contribution is 2.09. The average Bonchev–Trinajstić information content (AvgIpc) is 2.24. The molecule has 0 spiro atoms. The molecule has 15 heavy (non-hydrogen) atoms. The third-order valence-corrected chi connectivity index (χ3v) is 2.57. The van der Waals surface area contributed by atoms with Gasteiger partial charge in [-0.15, -0.1) is 0 Å². The lowest BCUT2D eigenvalue weighted by molar-refractivity contribution is 0.0593. The maximum Gasteiger partial charge on any atom is 0.356 e. The summed E-state index contributed by atoms with van der Waals surface area (Å²) in [7, 11) is 1.37. The Kier molecular flexibility index (Phi) is 4.75. The molecule has 82 valence electrons. The van der Waals surface area contributed by atoms with Gasteiger partial charge >= 0.3 is 5.97 Å². The Morgan fingerprint density at radius 2 is 2.27 bits per heavy atom. The van der Waals surface area contributed by atoms with Crippen LogP contribution < -0.4 is 0 Å². The second kappa shape index (κ2) is 5.85. The number of ether oxygens (including phenoxy) is 1. The summed E-state index contributed by atoms with van der Waals surface area (Å²) in [4.78, 5) is 15.4. The SMILES string of the molecule is COC(=O)c1cc(CCCBr)cc(C)n1. The molecule has 1 rings (SSSR count). The van der Waals surface area contributed by atoms with Crippen molar-refractivity contribution in [2.75, 3.05) is 12.4 Å². The zero-order chi connectivity index (χ0) is 11.3. The van der Waals surface area contributed by atoms with E-state index in [0.717, 1.165) is 29.4 Å². The molecule has 0 aliphatic heterocycles. The van der Waals surface area contributed by atoms with Gasteiger partial charge < -0.3 is 4.74 Å². The molecule has 1 heterocycles. The highest BCUT2D eigenvalue weighted by Gasteiger charge is 2.08. The van der Waals surface area contributed by atoms with Crippen LogP contribution in [0.1, 0.15) is 28.2 Å². The topological polar surface area (TPSA) is 39.2 Å². The first-order valence-electron chi connectivity index (χ1n) is 4.79. The molecule has 3 nitrogen and oxygen atoms in total. The fourth-order valence-electron chi connectivity index (χ4n) is 1.36. The van der Waals surface area contributed by atoms with Crippen LogP contribution in [0.4, 0.5) is 0 Å². The summed E-state index contributed by atoms with van der Waals surface area (Å²) in [6, 6.07) is 3.79. The number of rotatable bonds is 4. The number of esters is 1. The van der Waals surface area contributed by atoms with E-state index in [2.05, 4.69) is 25.7 Å². The molecule has 0 N–H and O–H groups in total. The normalized spacial score (nSPS) is 10.1. The predicted octanol–water partition coefficient (Wildman–Crippen LogP) is 2.50. The third kappa shape index (κ3) is 3.63. The highest BCUT2D eigenvalue weighted by atomic mass is 79.9. The smallest absolute Gasteiger partial charge is 0.356 e. The predicted molar refractivity (Wildman–Crippen MR) is 62.4 cm³/mol. The van der Waals surface area contributed by atoms with Crippen molar-refractivity contribution in [3.05, 3.63) is 29.1 Å². The first-order valence-corrected chi connectivity index (χ1v) is 5.91. The van der Waals surface area contributed by atoms with Crippen LogP contribution in [0.5, 0.6) is 0 Å². The first-order chi connectivity index (χ1) is 7.17. The lowest BCUT2D eigenvalue weighted by Crippen LogP contribution is -2.06. The van der Waals surface area contributed by atoms with Gasteiger partial charge in [0.1, 0.15) is 5.69 Å². The van der Waals surface area contributed by atoms with Gasteiger partial charge in [-0.3, -0.25) is 0 Å². The van der Waals surface area contributed by atoms with Gasteiger partial charge in [0.15, 0.2) is 0 Å². The van der Waals surface area contributed by atoms with Gasteiger partial charge in [-0.1, -0.05) is 15.9 Å². The van der Waals surface area contributed by atoms with Gasteiger partial charge in [0.25, 0.3) is 0 Å². The second-order valence-corrected chi connectivity index (χ2v) is 4.08. The number of hydrogen-bond donors (Lipinski definition) is 0. The number of carbonyl (C=O) groups excluding carboxylic acids is 1. The fourth-order valence-corrected chi connectivity index (χ4v) is 1.64. The molecule has 0 fully saturated rings. The zero-order valence-electron chi connectivity index (χ0n) is 8.92. The minimum atomic E-state index is -0.376. The summed E-state index contributed by atoms with van der Waals surface area (Å²) in [5.41, 5.74) is 2.37. The molecule has 0 aromatic carbocycles. The van der Waals surface area contributed by atoms with Crippen LogP contribution >= 0.6 is 15.9 Å². The van der Waals surface area contributed by atoms with Crippen molar-refractivity contribution in [3.8, 4) is 0 Å². The summed E-state index contributed by atoms with van der Waals surface area (Å²) in [5.74, 6) is -0.376. The Morgan fingerprint density at radius 1 is 1.53 bits per heavy atom. The molecular weight excluding hydrogens is 258 g/mol. The molecule has 0 atom stereocenters. The number of alkyl halides is 1. The van der Waals surface area contributed by atoms with Crippen LogP contribution in [-0.4, -0.2) is 23.4 Å². The first kappa shape index (κ1) is 12.2. The minimum absolute atomic E-state index is 0.376. The molecule has 0 saturated heterocycles. The molecule has 0 aliphatic rings. The van der Waals surface area contributed by atoms with E-state index in [1.165, 1.54) is 7.11 Å². The van der Waals surface area contributed by atoms with Gasteiger partial charge in [0.2, 0.25) is 0 Å². The molecule has 0 saturated carbocycles. The fraction of sp³-hybridized carbons (Fsp3) is 0.455. The number of hydrogen-bond acceptors (Lipinski definition) is 3. The van der Waals surface area contributed by atoms with Crippen LogP contribution in [0.3, 0.4) is 0 Å². The Hall–Kier alpha value is -0.900. The molecule has 1 aromatic rings. The largest absolute Gasteiger partial charge is 0.464 e. The van der Waals surface area contributed by atoms with E-state index in [1.54, 1.807) is 6.07 Å². The van der Waals surface area contributed by atoms with Crippen molar-refractivity contribution in [1.82, 2.24) is 4.98 Å². The van der Waals surface area contributed by atoms with Crippen LogP contribution in [0.2, 0.25) is 0 Å². The summed E-state index contributed by atoms with van der Waals surface area (Å²) >= 11 is 3.38. The molecule has 1 aromatic heterocycles. The standard InChI is InChI=1S/C11H14BrNO2/c1-8-6-9(4-3-5-12)7-10(13-8)11(14)15-2/h6-7H,3-5H2,1-2H3. The van der Waals surface area contributed by atoms with Crippen molar-refractivity contribution < 1.29 is 9.53 Å². The van der Waals surface area contributed by atoms with Crippen LogP contribution in [-0.2, 0) is 11.2 Å². The van der Waals surface area contributed by atoms with E-state index < -0.39 is 0 Å². The van der Waals surface area contributed by atoms with E-state index in [4.69, 9.17) is 0 Å². The molecule has 0 unspecified atom stereocenters. The van der Waals surface area contributed by atoms with Crippen molar-refractivity contribution in [1.29, 1.82) is 0 Å². The quantitative estimate of drug-likeness (QED) is 0.624. The summed E-state index contributed by atoms with van der Waals surface area (Å²) < 4.78 is 4.64. The highest BCUT2D eigenvalue weighted by molar-refractivity contribution is 9.09. The minimum Gasteiger partial charge on any atom is -0.464 e. The van der Waals surface area contributed by atoms with E-state index in [0.29, 0.717) is 5.69 Å². The number of nitrogens with zero attached hydrogens (tertiary/aromatic N) is 1. The Balaban J connectivity index is 2.89. The van der Waals surface area contributed by atoms with Gasteiger partial charge in [-0.05, 0) is 37.5 Å². The summed E-state index contributed by atoms with van der Waals surface area (Å²) in [6.07, 6.45) is 1.99. The van der Waals surface area contributed by atoms with Crippen molar-refractivity contribution in [3.63, 3.8) is 0 Å². The second-order valence-electron chi connectivity index (χ2n) is 3.29. The van der Waals surface area contributed by atoms with Crippen LogP contribution in [0, 0.1) is 6.92 Å². The summed E-state index contributed by atoms with van der Waals surface area (Å²) in [5, 5.41) is 0.960. The molecule has 0 aliphatic carbocycles. The van der Waals surface area contributed by atoms with Gasteiger partial charge in [-0.2, -0.15) is 0 Å². The van der Waals surface area contributed by atoms with E-state index in [-0.39, 0.29) is 5.97 Å². The number of aromatic nitrogens is 1. The monoisotopic (exact) mass is 271 g/mol. The lowest BCUT2D eigenvalue weighted by atomic mass is 10.1. The molecule has 4 heteroatoms. The van der Waals surface area contributed by atoms with Gasteiger partial charge in [0, 0.05) is 11.0 Å². The summed E-state index contributed by atoms with van der Waals surface area (Å²) in [6.45, 7) is 1.88.